The molecule has 0 aliphatic carbocycles. The molecule has 0 bridgehead atoms. The first-order chi connectivity index (χ1) is 8.60. The SMILES string of the molecule is COC(=O)c1ccc(Cc2sc(N)nc2C)cc1. The van der Waals surface area contributed by atoms with Gasteiger partial charge in [-0.2, -0.15) is 0 Å². The van der Waals surface area contributed by atoms with Gasteiger partial charge in [0.15, 0.2) is 5.13 Å². The second-order valence-corrected chi connectivity index (χ2v) is 5.04. The van der Waals surface area contributed by atoms with Crippen LogP contribution < -0.4 is 5.73 Å². The fraction of sp³-hybridized carbons (Fsp3) is 0.231. The largest absolute Gasteiger partial charge is 0.465 e. The summed E-state index contributed by atoms with van der Waals surface area (Å²) in [4.78, 5) is 16.6. The first kappa shape index (κ1) is 12.6. The predicted octanol–water partition coefficient (Wildman–Crippen LogP) is 2.41. The Morgan fingerprint density at radius 1 is 1.39 bits per heavy atom. The molecular formula is C13H14N2O2S. The third kappa shape index (κ3) is 2.68. The highest BCUT2D eigenvalue weighted by Gasteiger charge is 2.08. The number of esters is 1. The Morgan fingerprint density at radius 2 is 2.06 bits per heavy atom. The molecule has 1 aromatic heterocycles. The van der Waals surface area contributed by atoms with Gasteiger partial charge >= 0.3 is 5.97 Å². The van der Waals surface area contributed by atoms with Crippen molar-refractivity contribution in [2.24, 2.45) is 0 Å². The minimum absolute atomic E-state index is 0.320. The highest BCUT2D eigenvalue weighted by atomic mass is 32.1. The molecule has 4 nitrogen and oxygen atoms in total. The molecule has 0 aliphatic rings. The zero-order valence-electron chi connectivity index (χ0n) is 10.3. The van der Waals surface area contributed by atoms with Crippen molar-refractivity contribution in [3.8, 4) is 0 Å². The van der Waals surface area contributed by atoms with Crippen LogP contribution in [0, 0.1) is 6.92 Å². The van der Waals surface area contributed by atoms with Gasteiger partial charge in [0.05, 0.1) is 18.4 Å². The molecule has 1 heterocycles. The predicted molar refractivity (Wildman–Crippen MR) is 71.9 cm³/mol. The van der Waals surface area contributed by atoms with Crippen molar-refractivity contribution in [2.75, 3.05) is 12.8 Å². The molecule has 0 fully saturated rings. The van der Waals surface area contributed by atoms with Crippen LogP contribution in [-0.4, -0.2) is 18.1 Å². The third-order valence-corrected chi connectivity index (χ3v) is 3.64. The molecule has 0 aliphatic heterocycles. The lowest BCUT2D eigenvalue weighted by atomic mass is 10.1. The lowest BCUT2D eigenvalue weighted by molar-refractivity contribution is 0.0600. The van der Waals surface area contributed by atoms with Crippen LogP contribution in [0.2, 0.25) is 0 Å². The molecule has 1 aromatic carbocycles. The van der Waals surface area contributed by atoms with Crippen LogP contribution in [0.15, 0.2) is 24.3 Å². The fourth-order valence-corrected chi connectivity index (χ4v) is 2.54. The summed E-state index contributed by atoms with van der Waals surface area (Å²) in [5, 5.41) is 0.591. The van der Waals surface area contributed by atoms with Gasteiger partial charge in [0.1, 0.15) is 0 Å². The number of nitrogens with two attached hydrogens (primary N) is 1. The van der Waals surface area contributed by atoms with Gasteiger partial charge in [-0.25, -0.2) is 9.78 Å². The number of thiazole rings is 1. The molecule has 0 amide bonds. The quantitative estimate of drug-likeness (QED) is 0.863. The molecule has 0 saturated heterocycles. The van der Waals surface area contributed by atoms with E-state index in [2.05, 4.69) is 9.72 Å². The summed E-state index contributed by atoms with van der Waals surface area (Å²) in [7, 11) is 1.37. The van der Waals surface area contributed by atoms with E-state index in [0.29, 0.717) is 10.7 Å². The van der Waals surface area contributed by atoms with E-state index < -0.39 is 0 Å². The van der Waals surface area contributed by atoms with Gasteiger partial charge in [0, 0.05) is 11.3 Å². The third-order valence-electron chi connectivity index (χ3n) is 2.65. The topological polar surface area (TPSA) is 65.2 Å². The second-order valence-electron chi connectivity index (χ2n) is 3.93. The van der Waals surface area contributed by atoms with Crippen LogP contribution in [0.1, 0.15) is 26.5 Å². The van der Waals surface area contributed by atoms with Gasteiger partial charge in [-0.15, -0.1) is 11.3 Å². The Hall–Kier alpha value is -1.88. The first-order valence-corrected chi connectivity index (χ1v) is 6.31. The Kier molecular flexibility index (Phi) is 3.62. The number of nitrogens with zero attached hydrogens (tertiary/aromatic N) is 1. The maximum atomic E-state index is 11.3. The minimum atomic E-state index is -0.320. The summed E-state index contributed by atoms with van der Waals surface area (Å²) in [6.07, 6.45) is 0.780. The Labute approximate surface area is 109 Å². The van der Waals surface area contributed by atoms with Gasteiger partial charge in [-0.05, 0) is 24.6 Å². The average molecular weight is 262 g/mol. The molecule has 0 radical (unpaired) electrons. The Balaban J connectivity index is 2.16. The number of benzene rings is 1. The molecule has 0 spiro atoms. The van der Waals surface area contributed by atoms with E-state index >= 15 is 0 Å². The summed E-state index contributed by atoms with van der Waals surface area (Å²) in [5.41, 5.74) is 8.31. The summed E-state index contributed by atoms with van der Waals surface area (Å²) >= 11 is 1.50. The van der Waals surface area contributed by atoms with Crippen LogP contribution in [0.4, 0.5) is 5.13 Å². The number of hydrogen-bond donors (Lipinski definition) is 1. The number of methoxy groups -OCH3 is 1. The maximum Gasteiger partial charge on any atom is 0.337 e. The number of aryl methyl sites for hydroxylation is 1. The minimum Gasteiger partial charge on any atom is -0.465 e. The van der Waals surface area contributed by atoms with E-state index in [4.69, 9.17) is 5.73 Å². The molecule has 2 N–H and O–H groups in total. The monoisotopic (exact) mass is 262 g/mol. The van der Waals surface area contributed by atoms with Crippen LogP contribution in [-0.2, 0) is 11.2 Å². The van der Waals surface area contributed by atoms with Crippen molar-refractivity contribution >= 4 is 22.4 Å². The first-order valence-electron chi connectivity index (χ1n) is 5.49. The van der Waals surface area contributed by atoms with E-state index in [1.807, 2.05) is 19.1 Å². The smallest absolute Gasteiger partial charge is 0.337 e. The lowest BCUT2D eigenvalue weighted by Gasteiger charge is -2.02. The van der Waals surface area contributed by atoms with E-state index in [0.717, 1.165) is 22.6 Å². The van der Waals surface area contributed by atoms with Crippen LogP contribution in [0.25, 0.3) is 0 Å². The summed E-state index contributed by atoms with van der Waals surface area (Å²) in [6, 6.07) is 7.37. The Bertz CT molecular complexity index is 561. The molecule has 0 unspecified atom stereocenters. The van der Waals surface area contributed by atoms with Crippen LogP contribution in [0.3, 0.4) is 0 Å². The van der Waals surface area contributed by atoms with Crippen molar-refractivity contribution in [1.29, 1.82) is 0 Å². The Morgan fingerprint density at radius 3 is 2.56 bits per heavy atom. The highest BCUT2D eigenvalue weighted by Crippen LogP contribution is 2.23. The normalized spacial score (nSPS) is 10.3. The maximum absolute atomic E-state index is 11.3. The number of hydrogen-bond acceptors (Lipinski definition) is 5. The lowest BCUT2D eigenvalue weighted by Crippen LogP contribution is -2.00. The second kappa shape index (κ2) is 5.18. The number of carbonyl (C=O) groups excluding carboxylic acids is 1. The van der Waals surface area contributed by atoms with Crippen LogP contribution in [0.5, 0.6) is 0 Å². The zero-order chi connectivity index (χ0) is 13.1. The van der Waals surface area contributed by atoms with E-state index in [1.54, 1.807) is 12.1 Å². The summed E-state index contributed by atoms with van der Waals surface area (Å²) in [6.45, 7) is 1.95. The van der Waals surface area contributed by atoms with Crippen LogP contribution >= 0.6 is 11.3 Å². The number of anilines is 1. The van der Waals surface area contributed by atoms with Crippen molar-refractivity contribution in [2.45, 2.75) is 13.3 Å². The molecule has 5 heteroatoms. The van der Waals surface area contributed by atoms with E-state index in [-0.39, 0.29) is 5.97 Å². The number of rotatable bonds is 3. The fourth-order valence-electron chi connectivity index (χ4n) is 1.68. The molecule has 2 aromatic rings. The van der Waals surface area contributed by atoms with Crippen molar-refractivity contribution in [1.82, 2.24) is 4.98 Å². The number of aromatic nitrogens is 1. The van der Waals surface area contributed by atoms with Crippen molar-refractivity contribution < 1.29 is 9.53 Å². The summed E-state index contributed by atoms with van der Waals surface area (Å²) in [5.74, 6) is -0.320. The molecular weight excluding hydrogens is 248 g/mol. The number of nitrogen functional groups attached to an aromatic ring is 1. The van der Waals surface area contributed by atoms with Gasteiger partial charge in [0.25, 0.3) is 0 Å². The number of carbonyl (C=O) groups is 1. The average Bonchev–Trinajstić information content (AvgIpc) is 2.68. The molecule has 0 saturated carbocycles. The van der Waals surface area contributed by atoms with Gasteiger partial charge in [-0.3, -0.25) is 0 Å². The highest BCUT2D eigenvalue weighted by molar-refractivity contribution is 7.15. The molecule has 2 rings (SSSR count). The van der Waals surface area contributed by atoms with Crippen molar-refractivity contribution in [3.05, 3.63) is 46.0 Å². The number of ether oxygens (including phenoxy) is 1. The van der Waals surface area contributed by atoms with E-state index in [9.17, 15) is 4.79 Å². The van der Waals surface area contributed by atoms with Gasteiger partial charge in [-0.1, -0.05) is 12.1 Å². The standard InChI is InChI=1S/C13H14N2O2S/c1-8-11(18-13(14)15-8)7-9-3-5-10(6-4-9)12(16)17-2/h3-6H,7H2,1-2H3,(H2,14,15). The summed E-state index contributed by atoms with van der Waals surface area (Å²) < 4.78 is 4.65. The molecule has 94 valence electrons. The molecule has 0 atom stereocenters. The van der Waals surface area contributed by atoms with Crippen molar-refractivity contribution in [3.63, 3.8) is 0 Å². The van der Waals surface area contributed by atoms with Gasteiger partial charge < -0.3 is 10.5 Å². The van der Waals surface area contributed by atoms with E-state index in [1.165, 1.54) is 18.4 Å². The zero-order valence-corrected chi connectivity index (χ0v) is 11.1. The van der Waals surface area contributed by atoms with Gasteiger partial charge in [0.2, 0.25) is 0 Å². The molecule has 18 heavy (non-hydrogen) atoms.